The minimum Gasteiger partial charge on any atom is -0.301 e. The van der Waals surface area contributed by atoms with Gasteiger partial charge < -0.3 is 4.90 Å². The fraction of sp³-hybridized carbons (Fsp3) is 0.400. The van der Waals surface area contributed by atoms with E-state index in [9.17, 15) is 0 Å². The van der Waals surface area contributed by atoms with Crippen molar-refractivity contribution in [2.75, 3.05) is 20.0 Å². The molecule has 1 aromatic rings. The first kappa shape index (κ1) is 10.8. The molecule has 0 N–H and O–H groups in total. The monoisotopic (exact) mass is 217 g/mol. The van der Waals surface area contributed by atoms with Crippen LogP contribution in [0.4, 0.5) is 0 Å². The molecule has 0 heterocycles. The van der Waals surface area contributed by atoms with Crippen molar-refractivity contribution in [1.82, 2.24) is 4.90 Å². The first-order valence-electron chi connectivity index (χ1n) is 4.13. The molecule has 0 radical (unpaired) electrons. The van der Waals surface area contributed by atoms with Crippen LogP contribution in [0.5, 0.6) is 0 Å². The van der Waals surface area contributed by atoms with Crippen molar-refractivity contribution in [3.63, 3.8) is 0 Å². The van der Waals surface area contributed by atoms with Gasteiger partial charge in [0.2, 0.25) is 0 Å². The summed E-state index contributed by atoms with van der Waals surface area (Å²) in [5, 5.41) is 0.759. The highest BCUT2D eigenvalue weighted by Gasteiger charge is 2.12. The molecule has 72 valence electrons. The maximum Gasteiger partial charge on any atom is 0.0478 e. The van der Waals surface area contributed by atoms with Crippen LogP contribution in [0.25, 0.3) is 0 Å². The Labute approximate surface area is 89.3 Å². The van der Waals surface area contributed by atoms with E-state index in [0.29, 0.717) is 5.88 Å². The van der Waals surface area contributed by atoms with Crippen LogP contribution in [-0.4, -0.2) is 24.9 Å². The van der Waals surface area contributed by atoms with Gasteiger partial charge in [0, 0.05) is 16.9 Å². The summed E-state index contributed by atoms with van der Waals surface area (Å²) in [6.45, 7) is 0. The van der Waals surface area contributed by atoms with Crippen LogP contribution in [0.2, 0.25) is 5.02 Å². The Hall–Kier alpha value is -0.240. The van der Waals surface area contributed by atoms with E-state index < -0.39 is 0 Å². The van der Waals surface area contributed by atoms with Gasteiger partial charge in [-0.25, -0.2) is 0 Å². The van der Waals surface area contributed by atoms with E-state index in [4.69, 9.17) is 23.2 Å². The largest absolute Gasteiger partial charge is 0.301 e. The molecule has 0 aliphatic carbocycles. The molecule has 0 amide bonds. The SMILES string of the molecule is CN(C)C(CCl)c1cccc(Cl)c1. The number of hydrogen-bond acceptors (Lipinski definition) is 1. The average Bonchev–Trinajstić information content (AvgIpc) is 2.04. The zero-order valence-electron chi connectivity index (χ0n) is 7.80. The van der Waals surface area contributed by atoms with Crippen LogP contribution in [0.3, 0.4) is 0 Å². The maximum atomic E-state index is 5.89. The van der Waals surface area contributed by atoms with E-state index in [2.05, 4.69) is 4.90 Å². The van der Waals surface area contributed by atoms with E-state index in [1.165, 1.54) is 0 Å². The average molecular weight is 218 g/mol. The third-order valence-electron chi connectivity index (χ3n) is 2.00. The lowest BCUT2D eigenvalue weighted by atomic mass is 10.1. The molecule has 1 nitrogen and oxygen atoms in total. The summed E-state index contributed by atoms with van der Waals surface area (Å²) in [5.74, 6) is 0.577. The quantitative estimate of drug-likeness (QED) is 0.704. The van der Waals surface area contributed by atoms with Crippen molar-refractivity contribution < 1.29 is 0 Å². The van der Waals surface area contributed by atoms with E-state index in [1.54, 1.807) is 0 Å². The smallest absolute Gasteiger partial charge is 0.0478 e. The van der Waals surface area contributed by atoms with Gasteiger partial charge in [-0.05, 0) is 31.8 Å². The van der Waals surface area contributed by atoms with Gasteiger partial charge in [0.15, 0.2) is 0 Å². The molecular weight excluding hydrogens is 205 g/mol. The Morgan fingerprint density at radius 1 is 1.38 bits per heavy atom. The minimum absolute atomic E-state index is 0.236. The van der Waals surface area contributed by atoms with E-state index in [-0.39, 0.29) is 6.04 Å². The van der Waals surface area contributed by atoms with Gasteiger partial charge >= 0.3 is 0 Å². The number of rotatable bonds is 3. The molecular formula is C10H13Cl2N. The zero-order valence-corrected chi connectivity index (χ0v) is 9.31. The molecule has 1 aromatic carbocycles. The lowest BCUT2D eigenvalue weighted by Crippen LogP contribution is -2.21. The van der Waals surface area contributed by atoms with Crippen molar-refractivity contribution in [2.24, 2.45) is 0 Å². The van der Waals surface area contributed by atoms with E-state index in [0.717, 1.165) is 10.6 Å². The Morgan fingerprint density at radius 3 is 2.54 bits per heavy atom. The Morgan fingerprint density at radius 2 is 2.08 bits per heavy atom. The fourth-order valence-electron chi connectivity index (χ4n) is 1.24. The van der Waals surface area contributed by atoms with Crippen LogP contribution in [-0.2, 0) is 0 Å². The van der Waals surface area contributed by atoms with Gasteiger partial charge in [0.1, 0.15) is 0 Å². The number of halogens is 2. The summed E-state index contributed by atoms with van der Waals surface area (Å²) in [7, 11) is 4.02. The summed E-state index contributed by atoms with van der Waals surface area (Å²) in [5.41, 5.74) is 1.16. The zero-order chi connectivity index (χ0) is 9.84. The predicted octanol–water partition coefficient (Wildman–Crippen LogP) is 3.18. The standard InChI is InChI=1S/C10H13Cl2N/c1-13(2)10(7-11)8-4-3-5-9(12)6-8/h3-6,10H,7H2,1-2H3. The minimum atomic E-state index is 0.236. The van der Waals surface area contributed by atoms with Crippen LogP contribution in [0, 0.1) is 0 Å². The summed E-state index contributed by atoms with van der Waals surface area (Å²) in [6, 6.07) is 8.04. The second-order valence-electron chi connectivity index (χ2n) is 3.19. The number of hydrogen-bond donors (Lipinski definition) is 0. The topological polar surface area (TPSA) is 3.24 Å². The highest BCUT2D eigenvalue weighted by molar-refractivity contribution is 6.30. The van der Waals surface area contributed by atoms with Crippen molar-refractivity contribution >= 4 is 23.2 Å². The lowest BCUT2D eigenvalue weighted by Gasteiger charge is -2.22. The van der Waals surface area contributed by atoms with Gasteiger partial charge in [0.05, 0.1) is 0 Å². The Bertz CT molecular complexity index is 273. The molecule has 0 fully saturated rings. The van der Waals surface area contributed by atoms with Gasteiger partial charge in [-0.2, -0.15) is 0 Å². The van der Waals surface area contributed by atoms with Crippen LogP contribution in [0.15, 0.2) is 24.3 Å². The first-order valence-corrected chi connectivity index (χ1v) is 5.04. The van der Waals surface area contributed by atoms with Gasteiger partial charge in [0.25, 0.3) is 0 Å². The van der Waals surface area contributed by atoms with Crippen molar-refractivity contribution in [3.05, 3.63) is 34.9 Å². The maximum absolute atomic E-state index is 5.89. The highest BCUT2D eigenvalue weighted by Crippen LogP contribution is 2.22. The van der Waals surface area contributed by atoms with Crippen molar-refractivity contribution in [3.8, 4) is 0 Å². The second kappa shape index (κ2) is 4.85. The Balaban J connectivity index is 2.91. The summed E-state index contributed by atoms with van der Waals surface area (Å²) < 4.78 is 0. The van der Waals surface area contributed by atoms with E-state index in [1.807, 2.05) is 38.4 Å². The number of alkyl halides is 1. The first-order chi connectivity index (χ1) is 6.15. The molecule has 13 heavy (non-hydrogen) atoms. The lowest BCUT2D eigenvalue weighted by molar-refractivity contribution is 0.324. The van der Waals surface area contributed by atoms with Crippen molar-refractivity contribution in [1.29, 1.82) is 0 Å². The summed E-state index contributed by atoms with van der Waals surface area (Å²) in [4.78, 5) is 2.08. The van der Waals surface area contributed by atoms with Gasteiger partial charge in [-0.15, -0.1) is 11.6 Å². The molecule has 1 rings (SSSR count). The van der Waals surface area contributed by atoms with Gasteiger partial charge in [-0.1, -0.05) is 23.7 Å². The molecule has 0 saturated heterocycles. The fourth-order valence-corrected chi connectivity index (χ4v) is 1.89. The molecule has 0 aromatic heterocycles. The molecule has 1 atom stereocenters. The highest BCUT2D eigenvalue weighted by atomic mass is 35.5. The molecule has 1 unspecified atom stereocenters. The van der Waals surface area contributed by atoms with Crippen LogP contribution < -0.4 is 0 Å². The van der Waals surface area contributed by atoms with Gasteiger partial charge in [-0.3, -0.25) is 0 Å². The third-order valence-corrected chi connectivity index (χ3v) is 2.53. The normalized spacial score (nSPS) is 13.3. The predicted molar refractivity (Wildman–Crippen MR) is 58.6 cm³/mol. The number of benzene rings is 1. The van der Waals surface area contributed by atoms with Crippen molar-refractivity contribution in [2.45, 2.75) is 6.04 Å². The molecule has 0 bridgehead atoms. The molecule has 0 aliphatic rings. The van der Waals surface area contributed by atoms with Crippen LogP contribution >= 0.6 is 23.2 Å². The molecule has 0 saturated carbocycles. The summed E-state index contributed by atoms with van der Waals surface area (Å²) >= 11 is 11.8. The Kier molecular flexibility index (Phi) is 4.04. The second-order valence-corrected chi connectivity index (χ2v) is 3.93. The summed E-state index contributed by atoms with van der Waals surface area (Å²) in [6.07, 6.45) is 0. The molecule has 0 spiro atoms. The molecule has 0 aliphatic heterocycles. The van der Waals surface area contributed by atoms with Crippen LogP contribution in [0.1, 0.15) is 11.6 Å². The molecule has 3 heteroatoms. The number of nitrogens with zero attached hydrogens (tertiary/aromatic N) is 1. The van der Waals surface area contributed by atoms with E-state index >= 15 is 0 Å². The third kappa shape index (κ3) is 2.87.